The van der Waals surface area contributed by atoms with Gasteiger partial charge in [0.15, 0.2) is 11.6 Å². The average molecular weight is 492 g/mol. The summed E-state index contributed by atoms with van der Waals surface area (Å²) in [5.74, 6) is 0.306. The number of alkyl halides is 1. The number of β-lactam (4-membered cyclic amide) rings is 1. The molecule has 1 aliphatic heterocycles. The van der Waals surface area contributed by atoms with Gasteiger partial charge in [0.1, 0.15) is 28.5 Å². The highest BCUT2D eigenvalue weighted by molar-refractivity contribution is 6.37. The monoisotopic (exact) mass is 491 g/mol. The van der Waals surface area contributed by atoms with Crippen molar-refractivity contribution in [3.05, 3.63) is 96.1 Å². The van der Waals surface area contributed by atoms with E-state index in [-0.39, 0.29) is 23.0 Å². The van der Waals surface area contributed by atoms with E-state index in [1.807, 2.05) is 54.6 Å². The Bertz CT molecular complexity index is 1640. The van der Waals surface area contributed by atoms with Crippen molar-refractivity contribution in [1.82, 2.24) is 15.0 Å². The molecule has 8 heteroatoms. The van der Waals surface area contributed by atoms with Gasteiger partial charge in [-0.25, -0.2) is 9.97 Å². The number of para-hydroxylation sites is 3. The number of benzene rings is 3. The third-order valence-electron chi connectivity index (χ3n) is 6.34. The first-order chi connectivity index (χ1) is 17.6. The minimum absolute atomic E-state index is 0.00599. The van der Waals surface area contributed by atoms with Crippen LogP contribution in [0.3, 0.4) is 0 Å². The summed E-state index contributed by atoms with van der Waals surface area (Å²) in [5, 5.41) is 20.1. The number of carbonyl (C=O) groups excluding carboxylic acids is 1. The lowest BCUT2D eigenvalue weighted by molar-refractivity contribution is -0.123. The number of phenolic OH excluding ortho intramolecular Hbond substituents is 1. The molecule has 2 atom stereocenters. The number of nitriles is 1. The van der Waals surface area contributed by atoms with Crippen molar-refractivity contribution in [3.8, 4) is 34.5 Å². The van der Waals surface area contributed by atoms with Crippen LogP contribution in [-0.2, 0) is 4.79 Å². The van der Waals surface area contributed by atoms with E-state index in [9.17, 15) is 15.2 Å². The second kappa shape index (κ2) is 8.52. The van der Waals surface area contributed by atoms with Crippen molar-refractivity contribution in [2.75, 3.05) is 4.90 Å². The predicted octanol–water partition coefficient (Wildman–Crippen LogP) is 5.56. The van der Waals surface area contributed by atoms with Crippen molar-refractivity contribution < 1.29 is 9.90 Å². The highest BCUT2D eigenvalue weighted by Gasteiger charge is 2.49. The van der Waals surface area contributed by atoms with E-state index >= 15 is 0 Å². The molecule has 0 aliphatic carbocycles. The predicted molar refractivity (Wildman–Crippen MR) is 137 cm³/mol. The van der Waals surface area contributed by atoms with Gasteiger partial charge in [0.05, 0.1) is 17.1 Å². The minimum atomic E-state index is -0.788. The maximum absolute atomic E-state index is 13.1. The smallest absolute Gasteiger partial charge is 0.249 e. The molecule has 2 unspecified atom stereocenters. The zero-order valence-electron chi connectivity index (χ0n) is 18.8. The number of H-pyrrole nitrogens is 1. The van der Waals surface area contributed by atoms with Gasteiger partial charge in [-0.15, -0.1) is 11.6 Å². The molecule has 0 spiro atoms. The largest absolute Gasteiger partial charge is 0.507 e. The van der Waals surface area contributed by atoms with Crippen LogP contribution >= 0.6 is 11.6 Å². The first-order valence-corrected chi connectivity index (χ1v) is 11.7. The second-order valence-electron chi connectivity index (χ2n) is 8.45. The number of anilines is 1. The van der Waals surface area contributed by atoms with Crippen LogP contribution in [-0.4, -0.2) is 31.3 Å². The number of fused-ring (bicyclic) bond motifs is 1. The number of aromatic nitrogens is 3. The number of imidazole rings is 1. The van der Waals surface area contributed by atoms with Gasteiger partial charge in [0.25, 0.3) is 0 Å². The SMILES string of the molecule is N#Cc1c(-c2ccccc2O)cc(-c2nc3ccccc3[nH]2)nc1N1C(=O)C(Cl)C1c1ccccc1. The van der Waals surface area contributed by atoms with E-state index in [1.165, 1.54) is 4.90 Å². The number of aromatic hydroxyl groups is 1. The Morgan fingerprint density at radius 2 is 1.67 bits per heavy atom. The molecule has 0 saturated carbocycles. The summed E-state index contributed by atoms with van der Waals surface area (Å²) in [6.45, 7) is 0. The Hall–Kier alpha value is -4.67. The van der Waals surface area contributed by atoms with E-state index in [4.69, 9.17) is 16.6 Å². The Morgan fingerprint density at radius 1 is 0.944 bits per heavy atom. The lowest BCUT2D eigenvalue weighted by Crippen LogP contribution is -2.57. The summed E-state index contributed by atoms with van der Waals surface area (Å²) in [6, 6.07) is 27.1. The second-order valence-corrected chi connectivity index (χ2v) is 8.92. The van der Waals surface area contributed by atoms with Crippen molar-refractivity contribution >= 4 is 34.4 Å². The van der Waals surface area contributed by atoms with Crippen LogP contribution in [0.1, 0.15) is 17.2 Å². The molecule has 36 heavy (non-hydrogen) atoms. The fourth-order valence-corrected chi connectivity index (χ4v) is 4.95. The minimum Gasteiger partial charge on any atom is -0.507 e. The van der Waals surface area contributed by atoms with Crippen LogP contribution in [0, 0.1) is 11.3 Å². The van der Waals surface area contributed by atoms with Gasteiger partial charge in [-0.2, -0.15) is 5.26 Å². The van der Waals surface area contributed by atoms with Gasteiger partial charge in [-0.1, -0.05) is 60.7 Å². The van der Waals surface area contributed by atoms with E-state index < -0.39 is 11.4 Å². The molecule has 0 radical (unpaired) electrons. The van der Waals surface area contributed by atoms with Crippen LogP contribution in [0.15, 0.2) is 84.9 Å². The van der Waals surface area contributed by atoms with Crippen LogP contribution in [0.4, 0.5) is 5.82 Å². The van der Waals surface area contributed by atoms with Crippen molar-refractivity contribution in [2.24, 2.45) is 0 Å². The molecule has 1 fully saturated rings. The molecule has 3 heterocycles. The molecule has 1 saturated heterocycles. The summed E-state index contributed by atoms with van der Waals surface area (Å²) in [7, 11) is 0. The van der Waals surface area contributed by atoms with Crippen LogP contribution < -0.4 is 4.90 Å². The van der Waals surface area contributed by atoms with Crippen molar-refractivity contribution in [2.45, 2.75) is 11.4 Å². The van der Waals surface area contributed by atoms with Crippen molar-refractivity contribution in [3.63, 3.8) is 0 Å². The molecule has 7 nitrogen and oxygen atoms in total. The zero-order chi connectivity index (χ0) is 24.8. The number of rotatable bonds is 4. The maximum atomic E-state index is 13.1. The third-order valence-corrected chi connectivity index (χ3v) is 6.76. The van der Waals surface area contributed by atoms with Gasteiger partial charge >= 0.3 is 0 Å². The number of aromatic amines is 1. The number of hydrogen-bond donors (Lipinski definition) is 2. The number of halogens is 1. The molecule has 5 aromatic rings. The van der Waals surface area contributed by atoms with Gasteiger partial charge < -0.3 is 10.1 Å². The standard InChI is InChI=1S/C28H18ClN5O2/c29-24-25(16-8-2-1-3-9-16)34(28(24)36)27-19(15-30)18(17-10-4-7-13-23(17)35)14-22(33-27)26-31-20-11-5-6-12-21(20)32-26/h1-14,24-25,35H,(H,31,32). The maximum Gasteiger partial charge on any atom is 0.249 e. The summed E-state index contributed by atoms with van der Waals surface area (Å²) in [5.41, 5.74) is 3.89. The van der Waals surface area contributed by atoms with E-state index in [0.717, 1.165) is 16.6 Å². The number of hydrogen-bond acceptors (Lipinski definition) is 5. The Morgan fingerprint density at radius 3 is 2.42 bits per heavy atom. The Kier molecular flexibility index (Phi) is 5.17. The van der Waals surface area contributed by atoms with Crippen LogP contribution in [0.5, 0.6) is 5.75 Å². The van der Waals surface area contributed by atoms with Gasteiger partial charge in [0.2, 0.25) is 5.91 Å². The fraction of sp³-hybridized carbons (Fsp3) is 0.0714. The van der Waals surface area contributed by atoms with Gasteiger partial charge in [-0.3, -0.25) is 9.69 Å². The third kappa shape index (κ3) is 3.39. The molecule has 1 amide bonds. The molecule has 2 N–H and O–H groups in total. The van der Waals surface area contributed by atoms with E-state index in [1.54, 1.807) is 30.3 Å². The molecular formula is C28H18ClN5O2. The van der Waals surface area contributed by atoms with Crippen LogP contribution in [0.2, 0.25) is 0 Å². The summed E-state index contributed by atoms with van der Waals surface area (Å²) < 4.78 is 0. The molecule has 174 valence electrons. The molecule has 0 bridgehead atoms. The number of pyridine rings is 1. The number of phenols is 1. The van der Waals surface area contributed by atoms with E-state index in [2.05, 4.69) is 16.0 Å². The lowest BCUT2D eigenvalue weighted by Gasteiger charge is -2.44. The topological polar surface area (TPSA) is 106 Å². The summed E-state index contributed by atoms with van der Waals surface area (Å²) in [6.07, 6.45) is 0. The average Bonchev–Trinajstić information content (AvgIpc) is 3.35. The summed E-state index contributed by atoms with van der Waals surface area (Å²) >= 11 is 6.47. The van der Waals surface area contributed by atoms with Crippen molar-refractivity contribution in [1.29, 1.82) is 5.26 Å². The number of nitrogens with zero attached hydrogens (tertiary/aromatic N) is 4. The highest BCUT2D eigenvalue weighted by atomic mass is 35.5. The van der Waals surface area contributed by atoms with Crippen LogP contribution in [0.25, 0.3) is 33.7 Å². The highest BCUT2D eigenvalue weighted by Crippen LogP contribution is 2.45. The summed E-state index contributed by atoms with van der Waals surface area (Å²) in [4.78, 5) is 27.2. The molecule has 2 aromatic heterocycles. The quantitative estimate of drug-likeness (QED) is 0.253. The van der Waals surface area contributed by atoms with Gasteiger partial charge in [-0.05, 0) is 29.8 Å². The van der Waals surface area contributed by atoms with Gasteiger partial charge in [0, 0.05) is 11.1 Å². The number of amides is 1. The Labute approximate surface area is 211 Å². The number of carbonyl (C=O) groups is 1. The first-order valence-electron chi connectivity index (χ1n) is 11.3. The van der Waals surface area contributed by atoms with E-state index in [0.29, 0.717) is 22.6 Å². The fourth-order valence-electron chi connectivity index (χ4n) is 4.58. The number of nitrogens with one attached hydrogen (secondary N) is 1. The zero-order valence-corrected chi connectivity index (χ0v) is 19.5. The molecular weight excluding hydrogens is 474 g/mol. The molecule has 3 aromatic carbocycles. The Balaban J connectivity index is 1.61. The normalized spacial score (nSPS) is 17.1. The first kappa shape index (κ1) is 21.8. The molecule has 6 rings (SSSR count). The molecule has 1 aliphatic rings. The lowest BCUT2D eigenvalue weighted by atomic mass is 9.91.